The van der Waals surface area contributed by atoms with Gasteiger partial charge in [-0.1, -0.05) is 96.5 Å². The first-order valence-corrected chi connectivity index (χ1v) is 23.7. The largest absolute Gasteiger partial charge is 0.352 e. The Hall–Kier alpha value is -3.75. The van der Waals surface area contributed by atoms with Crippen molar-refractivity contribution in [3.8, 4) is 22.3 Å². The van der Waals surface area contributed by atoms with Crippen LogP contribution in [0.15, 0.2) is 107 Å². The number of nitrogens with one attached hydrogen (secondary N) is 2. The van der Waals surface area contributed by atoms with Crippen LogP contribution in [0, 0.1) is 0 Å². The van der Waals surface area contributed by atoms with Crippen molar-refractivity contribution in [2.75, 3.05) is 22.1 Å². The van der Waals surface area contributed by atoms with E-state index in [2.05, 4.69) is 48.1 Å². The molecule has 300 valence electrons. The van der Waals surface area contributed by atoms with Crippen LogP contribution in [0.2, 0.25) is 0 Å². The maximum Gasteiger partial charge on any atom is 0.234 e. The average molecular weight is 859 g/mol. The van der Waals surface area contributed by atoms with Crippen molar-refractivity contribution < 1.29 is 18.0 Å². The van der Waals surface area contributed by atoms with E-state index in [1.165, 1.54) is 36.4 Å². The van der Waals surface area contributed by atoms with Crippen LogP contribution in [0.4, 0.5) is 11.4 Å². The third kappa shape index (κ3) is 10.9. The van der Waals surface area contributed by atoms with E-state index in [-0.39, 0.29) is 33.1 Å². The Labute approximate surface area is 356 Å². The normalized spacial score (nSPS) is 19.8. The minimum atomic E-state index is -3.75. The Balaban J connectivity index is 0.989. The van der Waals surface area contributed by atoms with Gasteiger partial charge in [0.05, 0.1) is 21.3 Å². The Morgan fingerprint density at radius 2 is 0.825 bits per heavy atom. The Morgan fingerprint density at radius 1 is 0.544 bits per heavy atom. The van der Waals surface area contributed by atoms with E-state index >= 15 is 0 Å². The number of likely N-dealkylation sites (tertiary alicyclic amines) is 2. The number of piperidine rings is 2. The lowest BCUT2D eigenvalue weighted by atomic mass is 9.99. The van der Waals surface area contributed by atoms with E-state index in [9.17, 15) is 18.0 Å². The molecule has 2 N–H and O–H groups in total. The van der Waals surface area contributed by atoms with Gasteiger partial charge in [0, 0.05) is 35.5 Å². The molecule has 57 heavy (non-hydrogen) atoms. The number of thiocarbonyl (C=S) groups is 2. The van der Waals surface area contributed by atoms with Gasteiger partial charge in [0.15, 0.2) is 0 Å². The van der Waals surface area contributed by atoms with E-state index < -0.39 is 9.84 Å². The van der Waals surface area contributed by atoms with Gasteiger partial charge in [-0.2, -0.15) is 0 Å². The maximum absolute atomic E-state index is 13.6. The summed E-state index contributed by atoms with van der Waals surface area (Å²) in [6.45, 7) is 8.77. The van der Waals surface area contributed by atoms with Crippen molar-refractivity contribution in [1.82, 2.24) is 9.80 Å². The second-order valence-corrected chi connectivity index (χ2v) is 20.2. The molecule has 4 aromatic rings. The van der Waals surface area contributed by atoms with Gasteiger partial charge in [-0.05, 0) is 137 Å². The predicted octanol–water partition coefficient (Wildman–Crippen LogP) is 10.3. The number of anilines is 2. The topological polar surface area (TPSA) is 98.8 Å². The van der Waals surface area contributed by atoms with Crippen LogP contribution in [0.5, 0.6) is 0 Å². The van der Waals surface area contributed by atoms with Crippen LogP contribution in [0.1, 0.15) is 66.2 Å². The fourth-order valence-corrected chi connectivity index (χ4v) is 11.6. The molecule has 4 atom stereocenters. The second-order valence-electron chi connectivity index (χ2n) is 15.0. The molecular formula is C44H50N4O4S5. The van der Waals surface area contributed by atoms with Crippen LogP contribution >= 0.6 is 48.0 Å². The Morgan fingerprint density at radius 3 is 1.12 bits per heavy atom. The zero-order chi connectivity index (χ0) is 40.7. The number of carbonyl (C=O) groups is 2. The molecule has 2 aliphatic rings. The lowest BCUT2D eigenvalue weighted by Crippen LogP contribution is -2.45. The van der Waals surface area contributed by atoms with E-state index in [0.29, 0.717) is 35.5 Å². The van der Waals surface area contributed by atoms with Gasteiger partial charge in [0.25, 0.3) is 0 Å². The molecule has 0 bridgehead atoms. The van der Waals surface area contributed by atoms with Gasteiger partial charge < -0.3 is 20.4 Å². The highest BCUT2D eigenvalue weighted by molar-refractivity contribution is 8.23. The molecule has 6 rings (SSSR count). The van der Waals surface area contributed by atoms with Gasteiger partial charge in [-0.25, -0.2) is 8.42 Å². The number of nitrogens with zero attached hydrogens (tertiary/aromatic N) is 2. The molecule has 0 aromatic heterocycles. The Bertz CT molecular complexity index is 1990. The van der Waals surface area contributed by atoms with E-state index in [0.717, 1.165) is 56.6 Å². The molecule has 4 aromatic carbocycles. The van der Waals surface area contributed by atoms with Crippen molar-refractivity contribution in [3.05, 3.63) is 97.1 Å². The highest BCUT2D eigenvalue weighted by atomic mass is 32.2. The van der Waals surface area contributed by atoms with Crippen LogP contribution in [0.25, 0.3) is 22.3 Å². The predicted molar refractivity (Wildman–Crippen MR) is 246 cm³/mol. The van der Waals surface area contributed by atoms with E-state index in [4.69, 9.17) is 24.4 Å². The average Bonchev–Trinajstić information content (AvgIpc) is 3.20. The molecule has 2 aliphatic heterocycles. The van der Waals surface area contributed by atoms with Crippen molar-refractivity contribution in [2.45, 2.75) is 100 Å². The standard InChI is InChI=1S/C44H50N4O4S5/c1-29-7-5-8-30(2)47(29)43(53)55-27-41(49)45-37-19-11-33(12-20-37)35-15-23-39(24-16-35)57(51,52)40-25-17-36(18-26-40)34-13-21-38(22-14-34)46-42(50)28-56-44(54)48-31(3)9-6-10-32(48)4/h11-26,29-32H,5-10,27-28H2,1-4H3,(H,45,49)(H,46,50)/t29-,30+,31-,32+. The lowest BCUT2D eigenvalue weighted by Gasteiger charge is -2.40. The second kappa shape index (κ2) is 19.3. The first kappa shape index (κ1) is 42.8. The highest BCUT2D eigenvalue weighted by Crippen LogP contribution is 2.31. The zero-order valence-electron chi connectivity index (χ0n) is 32.8. The molecule has 2 saturated heterocycles. The molecule has 8 nitrogen and oxygen atoms in total. The zero-order valence-corrected chi connectivity index (χ0v) is 36.9. The van der Waals surface area contributed by atoms with Crippen molar-refractivity contribution >= 4 is 89.6 Å². The van der Waals surface area contributed by atoms with Crippen LogP contribution < -0.4 is 10.6 Å². The monoisotopic (exact) mass is 858 g/mol. The summed E-state index contributed by atoms with van der Waals surface area (Å²) in [5.41, 5.74) is 4.88. The molecule has 0 spiro atoms. The van der Waals surface area contributed by atoms with Gasteiger partial charge in [0.1, 0.15) is 8.64 Å². The van der Waals surface area contributed by atoms with Crippen LogP contribution in [-0.4, -0.2) is 74.3 Å². The molecule has 0 unspecified atom stereocenters. The molecule has 0 radical (unpaired) electrons. The van der Waals surface area contributed by atoms with Gasteiger partial charge >= 0.3 is 0 Å². The third-order valence-corrected chi connectivity index (χ3v) is 15.4. The number of hydrogen-bond acceptors (Lipinski definition) is 8. The fourth-order valence-electron chi connectivity index (χ4n) is 7.64. The smallest absolute Gasteiger partial charge is 0.234 e. The van der Waals surface area contributed by atoms with Crippen LogP contribution in [0.3, 0.4) is 0 Å². The summed E-state index contributed by atoms with van der Waals surface area (Å²) in [7, 11) is -3.75. The van der Waals surface area contributed by atoms with Gasteiger partial charge in [0.2, 0.25) is 21.7 Å². The molecule has 0 aliphatic carbocycles. The van der Waals surface area contributed by atoms with Crippen molar-refractivity contribution in [2.24, 2.45) is 0 Å². The summed E-state index contributed by atoms with van der Waals surface area (Å²) in [6, 6.07) is 30.2. The summed E-state index contributed by atoms with van der Waals surface area (Å²) in [6.07, 6.45) is 6.89. The first-order valence-electron chi connectivity index (χ1n) is 19.5. The quantitative estimate of drug-likeness (QED) is 0.150. The Kier molecular flexibility index (Phi) is 14.5. The third-order valence-electron chi connectivity index (χ3n) is 10.8. The number of carbonyl (C=O) groups excluding carboxylic acids is 2. The van der Waals surface area contributed by atoms with Crippen LogP contribution in [-0.2, 0) is 19.4 Å². The van der Waals surface area contributed by atoms with Gasteiger partial charge in [-0.3, -0.25) is 9.59 Å². The maximum atomic E-state index is 13.6. The molecule has 2 heterocycles. The number of sulfone groups is 1. The van der Waals surface area contributed by atoms with E-state index in [1.807, 2.05) is 48.5 Å². The summed E-state index contributed by atoms with van der Waals surface area (Å²) in [5.74, 6) is 0.268. The number of amides is 2. The highest BCUT2D eigenvalue weighted by Gasteiger charge is 2.28. The molecule has 2 amide bonds. The minimum absolute atomic E-state index is 0.113. The molecular weight excluding hydrogens is 809 g/mol. The lowest BCUT2D eigenvalue weighted by molar-refractivity contribution is -0.114. The summed E-state index contributed by atoms with van der Waals surface area (Å²) in [4.78, 5) is 30.3. The number of benzene rings is 4. The number of rotatable bonds is 10. The molecule has 0 saturated carbocycles. The first-order chi connectivity index (χ1) is 27.3. The molecule has 2 fully saturated rings. The number of hydrogen-bond donors (Lipinski definition) is 2. The SMILES string of the molecule is C[C@@H]1CCC[C@H](C)N1C(=S)SCC(=O)Nc1ccc(-c2ccc(S(=O)(=O)c3ccc(-c4ccc(NC(=O)CSC(=S)N5[C@H](C)CCC[C@@H]5C)cc4)cc3)cc2)cc1. The van der Waals surface area contributed by atoms with Crippen molar-refractivity contribution in [1.29, 1.82) is 0 Å². The summed E-state index contributed by atoms with van der Waals surface area (Å²) < 4.78 is 28.7. The molecule has 13 heteroatoms. The van der Waals surface area contributed by atoms with Crippen molar-refractivity contribution in [3.63, 3.8) is 0 Å². The minimum Gasteiger partial charge on any atom is -0.352 e. The van der Waals surface area contributed by atoms with Gasteiger partial charge in [-0.15, -0.1) is 0 Å². The van der Waals surface area contributed by atoms with E-state index in [1.54, 1.807) is 48.5 Å². The number of thioether (sulfide) groups is 2. The fraction of sp³-hybridized carbons (Fsp3) is 0.364. The summed E-state index contributed by atoms with van der Waals surface area (Å²) in [5, 5.41) is 5.90. The summed E-state index contributed by atoms with van der Waals surface area (Å²) >= 11 is 14.1.